The highest BCUT2D eigenvalue weighted by molar-refractivity contribution is 5.70. The van der Waals surface area contributed by atoms with Crippen molar-refractivity contribution in [2.45, 2.75) is 12.7 Å². The van der Waals surface area contributed by atoms with Gasteiger partial charge in [-0.2, -0.15) is 17.9 Å². The molecule has 2 heterocycles. The minimum absolute atomic E-state index is 0.00848. The molecule has 0 bridgehead atoms. The zero-order valence-electron chi connectivity index (χ0n) is 13.8. The van der Waals surface area contributed by atoms with Crippen LogP contribution in [0.25, 0.3) is 16.9 Å². The molecule has 0 aliphatic heterocycles. The van der Waals surface area contributed by atoms with E-state index in [1.807, 2.05) is 6.07 Å². The van der Waals surface area contributed by atoms with Gasteiger partial charge in [-0.05, 0) is 23.8 Å². The van der Waals surface area contributed by atoms with Gasteiger partial charge in [-0.25, -0.2) is 4.98 Å². The Morgan fingerprint density at radius 2 is 1.67 bits per heavy atom. The van der Waals surface area contributed by atoms with E-state index in [2.05, 4.69) is 15.3 Å². The van der Waals surface area contributed by atoms with Crippen LogP contribution in [-0.2, 0) is 12.7 Å². The first-order chi connectivity index (χ1) is 12.9. The molecule has 0 radical (unpaired) electrons. The van der Waals surface area contributed by atoms with Gasteiger partial charge in [0.1, 0.15) is 6.33 Å². The molecular weight excluding hydrogens is 359 g/mol. The van der Waals surface area contributed by atoms with Gasteiger partial charge >= 0.3 is 6.18 Å². The molecule has 4 aromatic rings. The zero-order chi connectivity index (χ0) is 19.0. The number of benzene rings is 2. The smallest absolute Gasteiger partial charge is 0.293 e. The van der Waals surface area contributed by atoms with E-state index < -0.39 is 17.3 Å². The second-order valence-electron chi connectivity index (χ2n) is 5.84. The fraction of sp³-hybridized carbons (Fsp3) is 0.111. The molecule has 9 heteroatoms. The summed E-state index contributed by atoms with van der Waals surface area (Å²) in [6.45, 7) is -0.268. The Morgan fingerprint density at radius 1 is 0.963 bits per heavy atom. The molecule has 0 spiro atoms. The number of rotatable bonds is 3. The highest BCUT2D eigenvalue weighted by Crippen LogP contribution is 2.32. The fourth-order valence-electron chi connectivity index (χ4n) is 2.82. The number of hydrogen-bond acceptors (Lipinski definition) is 4. The van der Waals surface area contributed by atoms with E-state index in [9.17, 15) is 18.0 Å². The van der Waals surface area contributed by atoms with Crippen LogP contribution in [0.15, 0.2) is 65.7 Å². The maximum Gasteiger partial charge on any atom is 0.416 e. The molecule has 0 aliphatic carbocycles. The highest BCUT2D eigenvalue weighted by atomic mass is 19.4. The van der Waals surface area contributed by atoms with Crippen LogP contribution < -0.4 is 5.56 Å². The summed E-state index contributed by atoms with van der Waals surface area (Å²) < 4.78 is 42.0. The predicted octanol–water partition coefficient (Wildman–Crippen LogP) is 3.04. The average molecular weight is 371 g/mol. The number of fused-ring (bicyclic) bond motifs is 1. The molecule has 0 saturated heterocycles. The lowest BCUT2D eigenvalue weighted by molar-refractivity contribution is -0.138. The van der Waals surface area contributed by atoms with E-state index >= 15 is 0 Å². The van der Waals surface area contributed by atoms with Crippen LogP contribution in [0, 0.1) is 0 Å². The quantitative estimate of drug-likeness (QED) is 0.555. The van der Waals surface area contributed by atoms with E-state index in [0.717, 1.165) is 10.6 Å². The van der Waals surface area contributed by atoms with E-state index in [-0.39, 0.29) is 23.3 Å². The summed E-state index contributed by atoms with van der Waals surface area (Å²) in [6.07, 6.45) is -3.30. The van der Waals surface area contributed by atoms with Crippen LogP contribution in [0.3, 0.4) is 0 Å². The van der Waals surface area contributed by atoms with Gasteiger partial charge in [-0.15, -0.1) is 5.10 Å². The van der Waals surface area contributed by atoms with Gasteiger partial charge in [-0.1, -0.05) is 41.6 Å². The molecule has 0 fully saturated rings. The standard InChI is InChI=1S/C18H12F3N5O/c19-18(20,21)14-9-5-4-6-12(14)10-25-11-22-16-15(17(25)27)23-24-26(16)13-7-2-1-3-8-13/h1-9,11H,10H2. The maximum atomic E-state index is 13.2. The lowest BCUT2D eigenvalue weighted by atomic mass is 10.1. The molecule has 2 aromatic carbocycles. The Morgan fingerprint density at radius 3 is 2.41 bits per heavy atom. The first-order valence-electron chi connectivity index (χ1n) is 7.96. The number of para-hydroxylation sites is 1. The van der Waals surface area contributed by atoms with Gasteiger partial charge in [0.25, 0.3) is 5.56 Å². The summed E-state index contributed by atoms with van der Waals surface area (Å²) in [5.74, 6) is 0. The molecule has 4 rings (SSSR count). The zero-order valence-corrected chi connectivity index (χ0v) is 13.8. The molecule has 6 nitrogen and oxygen atoms in total. The van der Waals surface area contributed by atoms with Gasteiger partial charge in [0, 0.05) is 0 Å². The van der Waals surface area contributed by atoms with E-state index in [0.29, 0.717) is 5.69 Å². The highest BCUT2D eigenvalue weighted by Gasteiger charge is 2.33. The number of aromatic nitrogens is 5. The van der Waals surface area contributed by atoms with Crippen molar-refractivity contribution < 1.29 is 13.2 Å². The lowest BCUT2D eigenvalue weighted by Crippen LogP contribution is -2.23. The van der Waals surface area contributed by atoms with Crippen molar-refractivity contribution in [2.75, 3.05) is 0 Å². The molecule has 136 valence electrons. The maximum absolute atomic E-state index is 13.2. The Kier molecular flexibility index (Phi) is 3.98. The molecule has 0 atom stereocenters. The van der Waals surface area contributed by atoms with Crippen molar-refractivity contribution in [3.63, 3.8) is 0 Å². The topological polar surface area (TPSA) is 65.6 Å². The van der Waals surface area contributed by atoms with Gasteiger partial charge in [0.2, 0.25) is 0 Å². The molecular formula is C18H12F3N5O. The molecule has 0 amide bonds. The minimum Gasteiger partial charge on any atom is -0.293 e. The van der Waals surface area contributed by atoms with Crippen LogP contribution >= 0.6 is 0 Å². The van der Waals surface area contributed by atoms with Crippen LogP contribution in [0.4, 0.5) is 13.2 Å². The van der Waals surface area contributed by atoms with Crippen LogP contribution in [-0.4, -0.2) is 24.5 Å². The van der Waals surface area contributed by atoms with Crippen molar-refractivity contribution in [3.05, 3.63) is 82.4 Å². The summed E-state index contributed by atoms with van der Waals surface area (Å²) in [4.78, 5) is 16.9. The predicted molar refractivity (Wildman–Crippen MR) is 91.5 cm³/mol. The summed E-state index contributed by atoms with van der Waals surface area (Å²) in [6, 6.07) is 14.1. The summed E-state index contributed by atoms with van der Waals surface area (Å²) in [7, 11) is 0. The summed E-state index contributed by atoms with van der Waals surface area (Å²) >= 11 is 0. The Hall–Kier alpha value is -3.49. The van der Waals surface area contributed by atoms with Crippen molar-refractivity contribution in [2.24, 2.45) is 0 Å². The lowest BCUT2D eigenvalue weighted by Gasteiger charge is -2.13. The molecule has 2 aromatic heterocycles. The number of alkyl halides is 3. The Bertz CT molecular complexity index is 1170. The molecule has 0 aliphatic rings. The average Bonchev–Trinajstić information content (AvgIpc) is 3.09. The second kappa shape index (κ2) is 6.35. The number of hydrogen-bond donors (Lipinski definition) is 0. The third-order valence-corrected chi connectivity index (χ3v) is 4.09. The Labute approximate surface area is 150 Å². The van der Waals surface area contributed by atoms with Crippen LogP contribution in [0.5, 0.6) is 0 Å². The fourth-order valence-corrected chi connectivity index (χ4v) is 2.82. The molecule has 0 N–H and O–H groups in total. The van der Waals surface area contributed by atoms with Gasteiger partial charge in [-0.3, -0.25) is 9.36 Å². The van der Waals surface area contributed by atoms with Crippen molar-refractivity contribution in [1.82, 2.24) is 24.5 Å². The first-order valence-corrected chi connectivity index (χ1v) is 7.96. The molecule has 27 heavy (non-hydrogen) atoms. The van der Waals surface area contributed by atoms with E-state index in [1.165, 1.54) is 29.2 Å². The summed E-state index contributed by atoms with van der Waals surface area (Å²) in [5, 5.41) is 7.81. The SMILES string of the molecule is O=c1c2nnn(-c3ccccc3)c2ncn1Cc1ccccc1C(F)(F)F. The summed E-state index contributed by atoms with van der Waals surface area (Å²) in [5.41, 5.74) is -0.461. The van der Waals surface area contributed by atoms with Crippen molar-refractivity contribution in [3.8, 4) is 5.69 Å². The van der Waals surface area contributed by atoms with Crippen molar-refractivity contribution >= 4 is 11.2 Å². The second-order valence-corrected chi connectivity index (χ2v) is 5.84. The van der Waals surface area contributed by atoms with Gasteiger partial charge in [0.05, 0.1) is 17.8 Å². The van der Waals surface area contributed by atoms with Crippen molar-refractivity contribution in [1.29, 1.82) is 0 Å². The normalized spacial score (nSPS) is 11.8. The number of halogens is 3. The minimum atomic E-state index is -4.51. The monoisotopic (exact) mass is 371 g/mol. The van der Waals surface area contributed by atoms with E-state index in [4.69, 9.17) is 0 Å². The van der Waals surface area contributed by atoms with Crippen LogP contribution in [0.1, 0.15) is 11.1 Å². The largest absolute Gasteiger partial charge is 0.416 e. The van der Waals surface area contributed by atoms with E-state index in [1.54, 1.807) is 24.3 Å². The third kappa shape index (κ3) is 3.07. The molecule has 0 saturated carbocycles. The Balaban J connectivity index is 1.78. The van der Waals surface area contributed by atoms with Crippen LogP contribution in [0.2, 0.25) is 0 Å². The van der Waals surface area contributed by atoms with Gasteiger partial charge < -0.3 is 0 Å². The number of nitrogens with zero attached hydrogens (tertiary/aromatic N) is 5. The third-order valence-electron chi connectivity index (χ3n) is 4.09. The molecule has 0 unspecified atom stereocenters. The first kappa shape index (κ1) is 17.0. The van der Waals surface area contributed by atoms with Gasteiger partial charge in [0.15, 0.2) is 11.2 Å².